The van der Waals surface area contributed by atoms with Gasteiger partial charge in [0.1, 0.15) is 23.2 Å². The summed E-state index contributed by atoms with van der Waals surface area (Å²) in [4.78, 5) is 16.5. The standard InChI is InChI=1S/C18H14FNO3S/c1-22-16-4-2-3-13(9-16)18(21)23-10-15-11-24-17(20-15)12-5-7-14(19)8-6-12/h2-9,11H,10H2,1H3. The summed E-state index contributed by atoms with van der Waals surface area (Å²) in [5, 5.41) is 2.57. The van der Waals surface area contributed by atoms with E-state index in [1.165, 1.54) is 30.6 Å². The number of carbonyl (C=O) groups excluding carboxylic acids is 1. The van der Waals surface area contributed by atoms with Crippen LogP contribution in [0.25, 0.3) is 10.6 Å². The van der Waals surface area contributed by atoms with Crippen LogP contribution in [0.5, 0.6) is 5.75 Å². The van der Waals surface area contributed by atoms with Gasteiger partial charge in [-0.2, -0.15) is 0 Å². The van der Waals surface area contributed by atoms with Crippen molar-refractivity contribution in [3.63, 3.8) is 0 Å². The van der Waals surface area contributed by atoms with Gasteiger partial charge in [-0.3, -0.25) is 0 Å². The third kappa shape index (κ3) is 3.78. The zero-order valence-electron chi connectivity index (χ0n) is 12.9. The van der Waals surface area contributed by atoms with E-state index in [9.17, 15) is 9.18 Å². The molecule has 0 atom stereocenters. The Morgan fingerprint density at radius 2 is 2.00 bits per heavy atom. The Bertz CT molecular complexity index is 845. The van der Waals surface area contributed by atoms with Crippen LogP contribution in [0, 0.1) is 5.82 Å². The number of ether oxygens (including phenoxy) is 2. The number of hydrogen-bond donors (Lipinski definition) is 0. The molecule has 0 aliphatic carbocycles. The van der Waals surface area contributed by atoms with Gasteiger partial charge in [0.2, 0.25) is 0 Å². The summed E-state index contributed by atoms with van der Waals surface area (Å²) in [5.74, 6) is -0.135. The minimum Gasteiger partial charge on any atom is -0.497 e. The van der Waals surface area contributed by atoms with E-state index in [-0.39, 0.29) is 12.4 Å². The predicted molar refractivity (Wildman–Crippen MR) is 89.6 cm³/mol. The predicted octanol–water partition coefficient (Wildman–Crippen LogP) is 4.31. The summed E-state index contributed by atoms with van der Waals surface area (Å²) in [6.45, 7) is 0.0771. The Balaban J connectivity index is 1.64. The van der Waals surface area contributed by atoms with Gasteiger partial charge in [0.25, 0.3) is 0 Å². The first kappa shape index (κ1) is 16.1. The molecule has 0 aliphatic heterocycles. The molecule has 0 amide bonds. The Labute approximate surface area is 142 Å². The molecule has 0 bridgehead atoms. The maximum Gasteiger partial charge on any atom is 0.338 e. The van der Waals surface area contributed by atoms with Crippen molar-refractivity contribution in [2.24, 2.45) is 0 Å². The van der Waals surface area contributed by atoms with E-state index >= 15 is 0 Å². The minimum atomic E-state index is -0.440. The lowest BCUT2D eigenvalue weighted by Crippen LogP contribution is -2.05. The summed E-state index contributed by atoms with van der Waals surface area (Å²) >= 11 is 1.42. The van der Waals surface area contributed by atoms with E-state index in [1.54, 1.807) is 36.4 Å². The highest BCUT2D eigenvalue weighted by atomic mass is 32.1. The number of aromatic nitrogens is 1. The smallest absolute Gasteiger partial charge is 0.338 e. The van der Waals surface area contributed by atoms with Crippen molar-refractivity contribution in [2.75, 3.05) is 7.11 Å². The summed E-state index contributed by atoms with van der Waals surface area (Å²) in [6, 6.07) is 12.9. The molecule has 2 aromatic carbocycles. The lowest BCUT2D eigenvalue weighted by molar-refractivity contribution is 0.0468. The molecule has 122 valence electrons. The Morgan fingerprint density at radius 1 is 1.21 bits per heavy atom. The van der Waals surface area contributed by atoms with Crippen LogP contribution in [0.4, 0.5) is 4.39 Å². The van der Waals surface area contributed by atoms with Crippen LogP contribution in [0.3, 0.4) is 0 Å². The number of carbonyl (C=O) groups is 1. The quantitative estimate of drug-likeness (QED) is 0.648. The van der Waals surface area contributed by atoms with Crippen molar-refractivity contribution >= 4 is 17.3 Å². The highest BCUT2D eigenvalue weighted by Crippen LogP contribution is 2.24. The van der Waals surface area contributed by atoms with Gasteiger partial charge in [0.15, 0.2) is 0 Å². The number of hydrogen-bond acceptors (Lipinski definition) is 5. The number of methoxy groups -OCH3 is 1. The van der Waals surface area contributed by atoms with Crippen LogP contribution in [-0.2, 0) is 11.3 Å². The highest BCUT2D eigenvalue weighted by Gasteiger charge is 2.11. The number of benzene rings is 2. The normalized spacial score (nSPS) is 10.4. The van der Waals surface area contributed by atoms with E-state index in [0.717, 1.165) is 10.6 Å². The largest absolute Gasteiger partial charge is 0.497 e. The maximum absolute atomic E-state index is 12.9. The first-order valence-electron chi connectivity index (χ1n) is 7.17. The molecule has 0 unspecified atom stereocenters. The van der Waals surface area contributed by atoms with E-state index in [4.69, 9.17) is 9.47 Å². The van der Waals surface area contributed by atoms with Crippen LogP contribution in [-0.4, -0.2) is 18.1 Å². The van der Waals surface area contributed by atoms with E-state index in [0.29, 0.717) is 17.0 Å². The van der Waals surface area contributed by atoms with Crippen molar-refractivity contribution in [1.29, 1.82) is 0 Å². The van der Waals surface area contributed by atoms with Gasteiger partial charge in [0.05, 0.1) is 18.4 Å². The number of thiazole rings is 1. The van der Waals surface area contributed by atoms with Gasteiger partial charge in [-0.25, -0.2) is 14.2 Å². The molecule has 3 aromatic rings. The first-order chi connectivity index (χ1) is 11.7. The zero-order chi connectivity index (χ0) is 16.9. The summed E-state index contributed by atoms with van der Waals surface area (Å²) in [6.07, 6.45) is 0. The fourth-order valence-electron chi connectivity index (χ4n) is 2.07. The van der Waals surface area contributed by atoms with Gasteiger partial charge in [-0.05, 0) is 42.5 Å². The molecular weight excluding hydrogens is 329 g/mol. The third-order valence-corrected chi connectivity index (χ3v) is 4.24. The average Bonchev–Trinajstić information content (AvgIpc) is 3.09. The topological polar surface area (TPSA) is 48.4 Å². The van der Waals surface area contributed by atoms with Crippen molar-refractivity contribution < 1.29 is 18.7 Å². The van der Waals surface area contributed by atoms with Crippen LogP contribution < -0.4 is 4.74 Å². The van der Waals surface area contributed by atoms with Crippen molar-refractivity contribution in [1.82, 2.24) is 4.98 Å². The monoisotopic (exact) mass is 343 g/mol. The highest BCUT2D eigenvalue weighted by molar-refractivity contribution is 7.13. The summed E-state index contributed by atoms with van der Waals surface area (Å²) in [7, 11) is 1.54. The second kappa shape index (κ2) is 7.23. The SMILES string of the molecule is COc1cccc(C(=O)OCc2csc(-c3ccc(F)cc3)n2)c1. The fraction of sp³-hybridized carbons (Fsp3) is 0.111. The second-order valence-electron chi connectivity index (χ2n) is 4.96. The van der Waals surface area contributed by atoms with Crippen molar-refractivity contribution in [3.05, 3.63) is 71.0 Å². The summed E-state index contributed by atoms with van der Waals surface area (Å²) in [5.41, 5.74) is 1.89. The van der Waals surface area contributed by atoms with Gasteiger partial charge in [0, 0.05) is 10.9 Å². The Hall–Kier alpha value is -2.73. The lowest BCUT2D eigenvalue weighted by Gasteiger charge is -2.04. The second-order valence-corrected chi connectivity index (χ2v) is 5.82. The van der Waals surface area contributed by atoms with Gasteiger partial charge >= 0.3 is 5.97 Å². The number of nitrogens with zero attached hydrogens (tertiary/aromatic N) is 1. The van der Waals surface area contributed by atoms with E-state index in [1.807, 2.05) is 5.38 Å². The molecule has 6 heteroatoms. The number of halogens is 1. The van der Waals surface area contributed by atoms with Crippen LogP contribution >= 0.6 is 11.3 Å². The molecule has 0 fully saturated rings. The zero-order valence-corrected chi connectivity index (χ0v) is 13.7. The Morgan fingerprint density at radius 3 is 2.75 bits per heavy atom. The van der Waals surface area contributed by atoms with Crippen LogP contribution in [0.15, 0.2) is 53.9 Å². The number of rotatable bonds is 5. The first-order valence-corrected chi connectivity index (χ1v) is 8.05. The van der Waals surface area contributed by atoms with Gasteiger partial charge in [-0.15, -0.1) is 11.3 Å². The molecular formula is C18H14FNO3S. The average molecular weight is 343 g/mol. The molecule has 24 heavy (non-hydrogen) atoms. The molecule has 0 spiro atoms. The third-order valence-electron chi connectivity index (χ3n) is 3.30. The van der Waals surface area contributed by atoms with Crippen molar-refractivity contribution in [3.8, 4) is 16.3 Å². The molecule has 4 nitrogen and oxygen atoms in total. The van der Waals surface area contributed by atoms with Gasteiger partial charge in [-0.1, -0.05) is 6.07 Å². The maximum atomic E-state index is 12.9. The summed E-state index contributed by atoms with van der Waals surface area (Å²) < 4.78 is 23.3. The number of esters is 1. The fourth-order valence-corrected chi connectivity index (χ4v) is 2.88. The molecule has 0 saturated carbocycles. The van der Waals surface area contributed by atoms with Crippen LogP contribution in [0.1, 0.15) is 16.1 Å². The molecule has 1 aromatic heterocycles. The molecule has 0 aliphatic rings. The molecule has 1 heterocycles. The molecule has 3 rings (SSSR count). The van der Waals surface area contributed by atoms with Crippen LogP contribution in [0.2, 0.25) is 0 Å². The van der Waals surface area contributed by atoms with Gasteiger partial charge < -0.3 is 9.47 Å². The molecule has 0 radical (unpaired) electrons. The lowest BCUT2D eigenvalue weighted by atomic mass is 10.2. The van der Waals surface area contributed by atoms with E-state index < -0.39 is 5.97 Å². The minimum absolute atomic E-state index is 0.0771. The van der Waals surface area contributed by atoms with E-state index in [2.05, 4.69) is 4.98 Å². The Kier molecular flexibility index (Phi) is 4.86. The molecule has 0 saturated heterocycles. The molecule has 0 N–H and O–H groups in total. The van der Waals surface area contributed by atoms with Crippen molar-refractivity contribution in [2.45, 2.75) is 6.61 Å².